The molecule has 2 aromatic rings. The van der Waals surface area contributed by atoms with Gasteiger partial charge in [-0.2, -0.15) is 0 Å². The number of nitrogens with two attached hydrogens (primary N) is 1. The van der Waals surface area contributed by atoms with Gasteiger partial charge in [0.25, 0.3) is 5.91 Å². The number of carbonyl (C=O) groups is 2. The summed E-state index contributed by atoms with van der Waals surface area (Å²) >= 11 is 0. The van der Waals surface area contributed by atoms with Crippen molar-refractivity contribution < 1.29 is 14.9 Å². The number of hydrogen-bond acceptors (Lipinski definition) is 2. The Morgan fingerprint density at radius 1 is 1.07 bits per heavy atom. The first-order chi connectivity index (χ1) is 13.0. The minimum atomic E-state index is -0.284. The van der Waals surface area contributed by atoms with Crippen molar-refractivity contribution in [2.75, 3.05) is 16.8 Å². The quantitative estimate of drug-likeness (QED) is 0.825. The summed E-state index contributed by atoms with van der Waals surface area (Å²) in [6, 6.07) is 17.7. The molecule has 1 aliphatic rings. The maximum absolute atomic E-state index is 13.2. The van der Waals surface area contributed by atoms with E-state index < -0.39 is 0 Å². The van der Waals surface area contributed by atoms with E-state index >= 15 is 0 Å². The second kappa shape index (κ2) is 8.35. The topological polar surface area (TPSA) is 66.0 Å². The van der Waals surface area contributed by atoms with Crippen molar-refractivity contribution in [3.8, 4) is 0 Å². The number of carbonyl (C=O) groups excluding carboxylic acids is 2. The van der Waals surface area contributed by atoms with Crippen molar-refractivity contribution in [2.45, 2.75) is 39.3 Å². The molecule has 1 heterocycles. The average Bonchev–Trinajstić information content (AvgIpc) is 2.66. The predicted octanol–water partition coefficient (Wildman–Crippen LogP) is 2.71. The van der Waals surface area contributed by atoms with Crippen LogP contribution in [0.2, 0.25) is 0 Å². The lowest BCUT2D eigenvalue weighted by molar-refractivity contribution is -0.714. The summed E-state index contributed by atoms with van der Waals surface area (Å²) < 4.78 is 0. The number of anilines is 2. The van der Waals surface area contributed by atoms with Crippen LogP contribution in [-0.4, -0.2) is 24.4 Å². The summed E-state index contributed by atoms with van der Waals surface area (Å²) in [6.45, 7) is 6.38. The van der Waals surface area contributed by atoms with Crippen LogP contribution in [0.5, 0.6) is 0 Å². The van der Waals surface area contributed by atoms with Gasteiger partial charge in [-0.1, -0.05) is 56.3 Å². The number of fused-ring (bicyclic) bond motifs is 1. The first kappa shape index (κ1) is 19.1. The summed E-state index contributed by atoms with van der Waals surface area (Å²) in [6.07, 6.45) is 0.985. The van der Waals surface area contributed by atoms with Gasteiger partial charge in [0, 0.05) is 12.0 Å². The fraction of sp³-hybridized carbons (Fsp3) is 0.364. The van der Waals surface area contributed by atoms with E-state index in [0.717, 1.165) is 12.1 Å². The van der Waals surface area contributed by atoms with Crippen LogP contribution >= 0.6 is 0 Å². The van der Waals surface area contributed by atoms with Gasteiger partial charge < -0.3 is 10.6 Å². The van der Waals surface area contributed by atoms with E-state index in [9.17, 15) is 9.59 Å². The van der Waals surface area contributed by atoms with Crippen LogP contribution < -0.4 is 15.5 Å². The van der Waals surface area contributed by atoms with Gasteiger partial charge in [-0.15, -0.1) is 0 Å². The van der Waals surface area contributed by atoms with Crippen LogP contribution in [0.4, 0.5) is 11.4 Å². The lowest BCUT2D eigenvalue weighted by Crippen LogP contribution is -2.93. The van der Waals surface area contributed by atoms with Gasteiger partial charge in [0.1, 0.15) is 12.6 Å². The second-order valence-electron chi connectivity index (χ2n) is 7.62. The normalized spacial score (nSPS) is 15.9. The fourth-order valence-electron chi connectivity index (χ4n) is 3.64. The van der Waals surface area contributed by atoms with Crippen molar-refractivity contribution in [3.05, 3.63) is 60.2 Å². The maximum atomic E-state index is 13.2. The summed E-state index contributed by atoms with van der Waals surface area (Å²) in [5.74, 6) is 0.327. The highest BCUT2D eigenvalue weighted by Crippen LogP contribution is 2.29. The fourth-order valence-corrected chi connectivity index (χ4v) is 3.64. The highest BCUT2D eigenvalue weighted by atomic mass is 16.2. The zero-order valence-electron chi connectivity index (χ0n) is 16.2. The van der Waals surface area contributed by atoms with E-state index in [0.29, 0.717) is 11.6 Å². The molecule has 1 aliphatic heterocycles. The first-order valence-corrected chi connectivity index (χ1v) is 9.56. The van der Waals surface area contributed by atoms with Gasteiger partial charge in [0.15, 0.2) is 6.04 Å². The molecule has 3 rings (SSSR count). The lowest BCUT2D eigenvalue weighted by atomic mass is 9.96. The molecule has 5 heteroatoms. The molecule has 0 bridgehead atoms. The Balaban J connectivity index is 1.79. The molecular formula is C22H28N3O2+. The third-order valence-corrected chi connectivity index (χ3v) is 4.90. The molecule has 2 aromatic carbocycles. The van der Waals surface area contributed by atoms with Crippen LogP contribution in [0, 0.1) is 5.92 Å². The molecule has 142 valence electrons. The SMILES string of the molecule is CC(C)C[C@H]([NH2+][C@@H](C)C(=O)N1CC(=O)Nc2ccccc21)c1ccccc1. The third kappa shape index (κ3) is 4.55. The molecule has 0 aromatic heterocycles. The smallest absolute Gasteiger partial charge is 0.285 e. The summed E-state index contributed by atoms with van der Waals surface area (Å²) in [7, 11) is 0. The molecule has 2 atom stereocenters. The van der Waals surface area contributed by atoms with E-state index in [2.05, 4.69) is 36.6 Å². The molecule has 0 unspecified atom stereocenters. The summed E-state index contributed by atoms with van der Waals surface area (Å²) in [4.78, 5) is 26.8. The van der Waals surface area contributed by atoms with Crippen LogP contribution in [-0.2, 0) is 9.59 Å². The van der Waals surface area contributed by atoms with Crippen molar-refractivity contribution in [3.63, 3.8) is 0 Å². The largest absolute Gasteiger partial charge is 0.330 e. The van der Waals surface area contributed by atoms with Gasteiger partial charge in [-0.25, -0.2) is 0 Å². The zero-order valence-corrected chi connectivity index (χ0v) is 16.2. The molecule has 5 nitrogen and oxygen atoms in total. The first-order valence-electron chi connectivity index (χ1n) is 9.56. The number of para-hydroxylation sites is 2. The van der Waals surface area contributed by atoms with E-state index in [-0.39, 0.29) is 30.4 Å². The third-order valence-electron chi connectivity index (χ3n) is 4.90. The number of quaternary nitrogens is 1. The van der Waals surface area contributed by atoms with Gasteiger partial charge >= 0.3 is 0 Å². The van der Waals surface area contributed by atoms with Gasteiger partial charge in [-0.05, 0) is 25.0 Å². The molecular weight excluding hydrogens is 338 g/mol. The highest BCUT2D eigenvalue weighted by Gasteiger charge is 2.33. The Kier molecular flexibility index (Phi) is 5.91. The number of rotatable bonds is 6. The number of amides is 2. The molecule has 0 aliphatic carbocycles. The Morgan fingerprint density at radius 2 is 1.74 bits per heavy atom. The highest BCUT2D eigenvalue weighted by molar-refractivity contribution is 6.10. The van der Waals surface area contributed by atoms with Gasteiger partial charge in [0.05, 0.1) is 11.4 Å². The Labute approximate surface area is 160 Å². The Hall–Kier alpha value is -2.66. The van der Waals surface area contributed by atoms with Crippen molar-refractivity contribution >= 4 is 23.2 Å². The number of hydrogen-bond donors (Lipinski definition) is 2. The number of nitrogens with zero attached hydrogens (tertiary/aromatic N) is 1. The zero-order chi connectivity index (χ0) is 19.4. The molecule has 0 saturated carbocycles. The lowest BCUT2D eigenvalue weighted by Gasteiger charge is -2.31. The monoisotopic (exact) mass is 366 g/mol. The maximum Gasteiger partial charge on any atom is 0.285 e. The standard InChI is InChI=1S/C22H27N3O2/c1-15(2)13-19(17-9-5-4-6-10-17)23-16(3)22(27)25-14-21(26)24-18-11-7-8-12-20(18)25/h4-12,15-16,19,23H,13-14H2,1-3H3,(H,24,26)/p+1/t16-,19-/m0/s1. The van der Waals surface area contributed by atoms with Crippen molar-refractivity contribution in [1.82, 2.24) is 0 Å². The second-order valence-corrected chi connectivity index (χ2v) is 7.62. The Bertz CT molecular complexity index is 804. The molecule has 0 saturated heterocycles. The van der Waals surface area contributed by atoms with Crippen molar-refractivity contribution in [1.29, 1.82) is 0 Å². The molecule has 3 N–H and O–H groups in total. The number of benzene rings is 2. The molecule has 2 amide bonds. The summed E-state index contributed by atoms with van der Waals surface area (Å²) in [5.41, 5.74) is 2.68. The average molecular weight is 366 g/mol. The summed E-state index contributed by atoms with van der Waals surface area (Å²) in [5, 5.41) is 4.97. The van der Waals surface area contributed by atoms with Crippen LogP contribution in [0.3, 0.4) is 0 Å². The minimum absolute atomic E-state index is 0.0398. The van der Waals surface area contributed by atoms with Crippen LogP contribution in [0.25, 0.3) is 0 Å². The van der Waals surface area contributed by atoms with E-state index in [1.807, 2.05) is 49.4 Å². The van der Waals surface area contributed by atoms with Crippen LogP contribution in [0.1, 0.15) is 38.8 Å². The molecule has 0 radical (unpaired) electrons. The predicted molar refractivity (Wildman–Crippen MR) is 107 cm³/mol. The minimum Gasteiger partial charge on any atom is -0.330 e. The Morgan fingerprint density at radius 3 is 2.44 bits per heavy atom. The van der Waals surface area contributed by atoms with Gasteiger partial charge in [-0.3, -0.25) is 14.5 Å². The van der Waals surface area contributed by atoms with E-state index in [1.54, 1.807) is 4.90 Å². The molecule has 27 heavy (non-hydrogen) atoms. The molecule has 0 fully saturated rings. The molecule has 0 spiro atoms. The van der Waals surface area contributed by atoms with E-state index in [4.69, 9.17) is 0 Å². The van der Waals surface area contributed by atoms with Gasteiger partial charge in [0.2, 0.25) is 5.91 Å². The van der Waals surface area contributed by atoms with Crippen LogP contribution in [0.15, 0.2) is 54.6 Å². The van der Waals surface area contributed by atoms with Crippen molar-refractivity contribution in [2.24, 2.45) is 5.92 Å². The number of nitrogens with one attached hydrogen (secondary N) is 1. The van der Waals surface area contributed by atoms with E-state index in [1.165, 1.54) is 5.56 Å².